The fourth-order valence-electron chi connectivity index (χ4n) is 1.43. The summed E-state index contributed by atoms with van der Waals surface area (Å²) in [5.41, 5.74) is 0.598. The first-order valence-electron chi connectivity index (χ1n) is 5.95. The van der Waals surface area contributed by atoms with Gasteiger partial charge in [0.2, 0.25) is 10.0 Å². The van der Waals surface area contributed by atoms with Gasteiger partial charge in [-0.05, 0) is 30.7 Å². The smallest absolute Gasteiger partial charge is 0.257 e. The third kappa shape index (κ3) is 4.48. The summed E-state index contributed by atoms with van der Waals surface area (Å²) in [5, 5.41) is 11.1. The zero-order valence-electron chi connectivity index (χ0n) is 11.3. The third-order valence-electron chi connectivity index (χ3n) is 2.50. The van der Waals surface area contributed by atoms with Crippen molar-refractivity contribution in [2.75, 3.05) is 26.8 Å². The molecule has 3 N–H and O–H groups in total. The lowest BCUT2D eigenvalue weighted by Crippen LogP contribution is -2.27. The quantitative estimate of drug-likeness (QED) is 0.623. The van der Waals surface area contributed by atoms with Crippen molar-refractivity contribution in [2.45, 2.75) is 11.8 Å². The second kappa shape index (κ2) is 7.22. The lowest BCUT2D eigenvalue weighted by Gasteiger charge is -2.11. The van der Waals surface area contributed by atoms with Crippen LogP contribution in [0.15, 0.2) is 23.1 Å². The number of hydrogen-bond acceptors (Lipinski definition) is 5. The van der Waals surface area contributed by atoms with Gasteiger partial charge in [0.05, 0.1) is 11.5 Å². The SMILES string of the molecule is CNC(=O)COc1ccc(S(=O)(=O)NCCO)cc1C. The predicted molar refractivity (Wildman–Crippen MR) is 73.0 cm³/mol. The summed E-state index contributed by atoms with van der Waals surface area (Å²) in [6.07, 6.45) is 0. The van der Waals surface area contributed by atoms with Crippen molar-refractivity contribution >= 4 is 15.9 Å². The van der Waals surface area contributed by atoms with Crippen molar-refractivity contribution in [3.63, 3.8) is 0 Å². The molecule has 20 heavy (non-hydrogen) atoms. The van der Waals surface area contributed by atoms with Crippen LogP contribution in [0, 0.1) is 6.92 Å². The molecule has 0 aliphatic heterocycles. The highest BCUT2D eigenvalue weighted by Crippen LogP contribution is 2.21. The van der Waals surface area contributed by atoms with Gasteiger partial charge in [-0.25, -0.2) is 13.1 Å². The first-order valence-corrected chi connectivity index (χ1v) is 7.43. The molecule has 0 saturated heterocycles. The molecule has 0 aliphatic carbocycles. The van der Waals surface area contributed by atoms with Crippen LogP contribution in [0.25, 0.3) is 0 Å². The maximum absolute atomic E-state index is 11.8. The summed E-state index contributed by atoms with van der Waals surface area (Å²) in [7, 11) is -2.14. The number of aryl methyl sites for hydroxylation is 1. The lowest BCUT2D eigenvalue weighted by molar-refractivity contribution is -0.122. The highest BCUT2D eigenvalue weighted by molar-refractivity contribution is 7.89. The molecule has 0 aliphatic rings. The number of likely N-dealkylation sites (N-methyl/N-ethyl adjacent to an activating group) is 1. The van der Waals surface area contributed by atoms with E-state index in [0.717, 1.165) is 0 Å². The Kier molecular flexibility index (Phi) is 5.93. The van der Waals surface area contributed by atoms with Crippen molar-refractivity contribution in [3.05, 3.63) is 23.8 Å². The number of ether oxygens (including phenoxy) is 1. The topological polar surface area (TPSA) is 105 Å². The number of rotatable bonds is 7. The zero-order chi connectivity index (χ0) is 15.2. The molecule has 8 heteroatoms. The second-order valence-electron chi connectivity index (χ2n) is 4.01. The Morgan fingerprint density at radius 1 is 1.40 bits per heavy atom. The molecule has 1 rings (SSSR count). The van der Waals surface area contributed by atoms with E-state index >= 15 is 0 Å². The average Bonchev–Trinajstić information content (AvgIpc) is 2.43. The van der Waals surface area contributed by atoms with Crippen LogP contribution in [0.2, 0.25) is 0 Å². The molecule has 7 nitrogen and oxygen atoms in total. The maximum Gasteiger partial charge on any atom is 0.257 e. The van der Waals surface area contributed by atoms with Crippen LogP contribution in [0.5, 0.6) is 5.75 Å². The van der Waals surface area contributed by atoms with E-state index in [0.29, 0.717) is 11.3 Å². The molecule has 0 unspecified atom stereocenters. The maximum atomic E-state index is 11.8. The number of carbonyl (C=O) groups excluding carboxylic acids is 1. The van der Waals surface area contributed by atoms with Gasteiger partial charge in [-0.1, -0.05) is 0 Å². The second-order valence-corrected chi connectivity index (χ2v) is 5.78. The minimum absolute atomic E-state index is 0.0453. The van der Waals surface area contributed by atoms with E-state index in [1.807, 2.05) is 0 Å². The van der Waals surface area contributed by atoms with Gasteiger partial charge in [0.15, 0.2) is 6.61 Å². The largest absolute Gasteiger partial charge is 0.484 e. The van der Waals surface area contributed by atoms with Gasteiger partial charge in [0, 0.05) is 13.6 Å². The molecule has 1 aromatic carbocycles. The first-order chi connectivity index (χ1) is 9.40. The molecule has 0 heterocycles. The standard InChI is InChI=1S/C12H18N2O5S/c1-9-7-10(20(17,18)14-5-6-15)3-4-11(9)19-8-12(16)13-2/h3-4,7,14-15H,5-6,8H2,1-2H3,(H,13,16). The Hall–Kier alpha value is -1.64. The van der Waals surface area contributed by atoms with Crippen LogP contribution < -0.4 is 14.8 Å². The molecule has 0 fully saturated rings. The summed E-state index contributed by atoms with van der Waals surface area (Å²) in [6, 6.07) is 4.32. The van der Waals surface area contributed by atoms with Gasteiger partial charge >= 0.3 is 0 Å². The van der Waals surface area contributed by atoms with Crippen LogP contribution in [0.3, 0.4) is 0 Å². The number of carbonyl (C=O) groups is 1. The van der Waals surface area contributed by atoms with E-state index in [-0.39, 0.29) is 30.6 Å². The third-order valence-corrected chi connectivity index (χ3v) is 3.96. The van der Waals surface area contributed by atoms with Crippen molar-refractivity contribution in [3.8, 4) is 5.75 Å². The van der Waals surface area contributed by atoms with Crippen LogP contribution in [-0.2, 0) is 14.8 Å². The summed E-state index contributed by atoms with van der Waals surface area (Å²) < 4.78 is 31.2. The van der Waals surface area contributed by atoms with Crippen LogP contribution in [0.1, 0.15) is 5.56 Å². The van der Waals surface area contributed by atoms with Crippen LogP contribution >= 0.6 is 0 Å². The number of aliphatic hydroxyl groups is 1. The fourth-order valence-corrected chi connectivity index (χ4v) is 2.54. The van der Waals surface area contributed by atoms with Gasteiger partial charge in [0.25, 0.3) is 5.91 Å². The van der Waals surface area contributed by atoms with E-state index in [2.05, 4.69) is 10.0 Å². The molecule has 0 saturated carbocycles. The normalized spacial score (nSPS) is 11.2. The summed E-state index contributed by atoms with van der Waals surface area (Å²) in [4.78, 5) is 11.2. The molecule has 0 atom stereocenters. The number of hydrogen-bond donors (Lipinski definition) is 3. The fraction of sp³-hybridized carbons (Fsp3) is 0.417. The zero-order valence-corrected chi connectivity index (χ0v) is 12.2. The predicted octanol–water partition coefficient (Wildman–Crippen LogP) is -0.610. The summed E-state index contributed by atoms with van der Waals surface area (Å²) >= 11 is 0. The molecular formula is C12H18N2O5S. The number of benzene rings is 1. The first kappa shape index (κ1) is 16.4. The van der Waals surface area contributed by atoms with Crippen molar-refractivity contribution in [1.82, 2.24) is 10.0 Å². The van der Waals surface area contributed by atoms with Gasteiger partial charge in [0.1, 0.15) is 5.75 Å². The number of sulfonamides is 1. The Balaban J connectivity index is 2.85. The van der Waals surface area contributed by atoms with Crippen molar-refractivity contribution in [2.24, 2.45) is 0 Å². The number of aliphatic hydroxyl groups excluding tert-OH is 1. The van der Waals surface area contributed by atoms with Crippen molar-refractivity contribution < 1.29 is 23.1 Å². The van der Waals surface area contributed by atoms with E-state index in [1.54, 1.807) is 6.92 Å². The molecule has 112 valence electrons. The minimum Gasteiger partial charge on any atom is -0.484 e. The Bertz CT molecular complexity index is 571. The van der Waals surface area contributed by atoms with E-state index in [9.17, 15) is 13.2 Å². The van der Waals surface area contributed by atoms with Gasteiger partial charge in [-0.2, -0.15) is 0 Å². The number of nitrogens with one attached hydrogen (secondary N) is 2. The molecule has 0 radical (unpaired) electrons. The Morgan fingerprint density at radius 2 is 2.10 bits per heavy atom. The van der Waals surface area contributed by atoms with Gasteiger partial charge < -0.3 is 15.2 Å². The average molecular weight is 302 g/mol. The molecular weight excluding hydrogens is 284 g/mol. The number of amides is 1. The van der Waals surface area contributed by atoms with Crippen LogP contribution in [-0.4, -0.2) is 46.2 Å². The molecule has 0 bridgehead atoms. The molecule has 1 aromatic rings. The van der Waals surface area contributed by atoms with Crippen molar-refractivity contribution in [1.29, 1.82) is 0 Å². The van der Waals surface area contributed by atoms with E-state index < -0.39 is 10.0 Å². The summed E-state index contributed by atoms with van der Waals surface area (Å²) in [5.74, 6) is 0.167. The minimum atomic E-state index is -3.64. The van der Waals surface area contributed by atoms with Crippen LogP contribution in [0.4, 0.5) is 0 Å². The molecule has 0 aromatic heterocycles. The highest BCUT2D eigenvalue weighted by atomic mass is 32.2. The van der Waals surface area contributed by atoms with Gasteiger partial charge in [-0.15, -0.1) is 0 Å². The lowest BCUT2D eigenvalue weighted by atomic mass is 10.2. The Morgan fingerprint density at radius 3 is 2.65 bits per heavy atom. The summed E-state index contributed by atoms with van der Waals surface area (Å²) in [6.45, 7) is 1.23. The molecule has 0 spiro atoms. The van der Waals surface area contributed by atoms with E-state index in [4.69, 9.17) is 9.84 Å². The van der Waals surface area contributed by atoms with Gasteiger partial charge in [-0.3, -0.25) is 4.79 Å². The Labute approximate surface area is 118 Å². The highest BCUT2D eigenvalue weighted by Gasteiger charge is 2.15. The molecule has 1 amide bonds. The van der Waals surface area contributed by atoms with E-state index in [1.165, 1.54) is 25.2 Å². The monoisotopic (exact) mass is 302 g/mol.